The van der Waals surface area contributed by atoms with Gasteiger partial charge in [-0.25, -0.2) is 18.6 Å². The van der Waals surface area contributed by atoms with Crippen LogP contribution >= 0.6 is 23.2 Å². The van der Waals surface area contributed by atoms with E-state index < -0.39 is 23.5 Å². The van der Waals surface area contributed by atoms with E-state index in [0.29, 0.717) is 27.9 Å². The van der Waals surface area contributed by atoms with Gasteiger partial charge < -0.3 is 14.9 Å². The Hall–Kier alpha value is -3.23. The number of halogens is 4. The minimum absolute atomic E-state index is 0.0239. The molecule has 3 rings (SSSR count). The van der Waals surface area contributed by atoms with E-state index in [1.54, 1.807) is 37.2 Å². The molecule has 0 aliphatic carbocycles. The van der Waals surface area contributed by atoms with E-state index in [9.17, 15) is 23.5 Å². The zero-order valence-electron chi connectivity index (χ0n) is 17.7. The summed E-state index contributed by atoms with van der Waals surface area (Å²) in [5, 5.41) is 9.80. The minimum Gasteiger partial charge on any atom is -0.477 e. The fourth-order valence-electron chi connectivity index (χ4n) is 3.27. The third-order valence-corrected chi connectivity index (χ3v) is 5.67. The smallest absolute Gasteiger partial charge is 0.354 e. The standard InChI is InChI=1S/C23H19Cl2F2N3O3/c1-29(2)20-9-19(23(32)33)28-10-15(20)12-30(11-13-4-3-5-18(24)21(13)25)22(31)14-6-16(26)8-17(27)7-14/h3-10H,11-12H2,1-2H3,(H,32,33). The monoisotopic (exact) mass is 493 g/mol. The van der Waals surface area contributed by atoms with Gasteiger partial charge in [0.25, 0.3) is 5.91 Å². The molecule has 0 saturated carbocycles. The maximum Gasteiger partial charge on any atom is 0.354 e. The summed E-state index contributed by atoms with van der Waals surface area (Å²) in [6.45, 7) is -0.0653. The summed E-state index contributed by atoms with van der Waals surface area (Å²) >= 11 is 12.4. The first-order valence-electron chi connectivity index (χ1n) is 9.64. The molecule has 0 spiro atoms. The molecule has 0 atom stereocenters. The van der Waals surface area contributed by atoms with Crippen LogP contribution in [0.25, 0.3) is 0 Å². The lowest BCUT2D eigenvalue weighted by atomic mass is 10.1. The Morgan fingerprint density at radius 1 is 1.00 bits per heavy atom. The molecule has 0 unspecified atom stereocenters. The van der Waals surface area contributed by atoms with E-state index >= 15 is 0 Å². The van der Waals surface area contributed by atoms with Crippen molar-refractivity contribution >= 4 is 40.8 Å². The summed E-state index contributed by atoms with van der Waals surface area (Å²) < 4.78 is 27.6. The van der Waals surface area contributed by atoms with E-state index in [1.807, 2.05) is 0 Å². The van der Waals surface area contributed by atoms with Gasteiger partial charge in [0.1, 0.15) is 17.3 Å². The highest BCUT2D eigenvalue weighted by atomic mass is 35.5. The second-order valence-corrected chi connectivity index (χ2v) is 8.22. The van der Waals surface area contributed by atoms with Crippen molar-refractivity contribution in [2.45, 2.75) is 13.1 Å². The van der Waals surface area contributed by atoms with Crippen LogP contribution in [0.4, 0.5) is 14.5 Å². The van der Waals surface area contributed by atoms with Gasteiger partial charge in [-0.3, -0.25) is 4.79 Å². The Morgan fingerprint density at radius 2 is 1.64 bits per heavy atom. The largest absolute Gasteiger partial charge is 0.477 e. The number of hydrogen-bond donors (Lipinski definition) is 1. The van der Waals surface area contributed by atoms with Crippen molar-refractivity contribution in [1.29, 1.82) is 0 Å². The molecule has 3 aromatic rings. The van der Waals surface area contributed by atoms with Gasteiger partial charge in [0.05, 0.1) is 10.0 Å². The number of pyridine rings is 1. The van der Waals surface area contributed by atoms with Crippen LogP contribution in [0.2, 0.25) is 10.0 Å². The Bertz CT molecular complexity index is 1200. The van der Waals surface area contributed by atoms with Crippen molar-refractivity contribution in [1.82, 2.24) is 9.88 Å². The van der Waals surface area contributed by atoms with E-state index in [2.05, 4.69) is 4.98 Å². The van der Waals surface area contributed by atoms with Crippen molar-refractivity contribution in [2.24, 2.45) is 0 Å². The number of anilines is 1. The maximum atomic E-state index is 13.8. The van der Waals surface area contributed by atoms with Crippen molar-refractivity contribution in [2.75, 3.05) is 19.0 Å². The maximum absolute atomic E-state index is 13.8. The number of carboxylic acid groups (broad SMARTS) is 1. The Balaban J connectivity index is 2.06. The molecule has 0 radical (unpaired) electrons. The molecule has 0 saturated heterocycles. The Morgan fingerprint density at radius 3 is 2.24 bits per heavy atom. The topological polar surface area (TPSA) is 73.7 Å². The number of rotatable bonds is 7. The van der Waals surface area contributed by atoms with E-state index in [0.717, 1.165) is 12.1 Å². The van der Waals surface area contributed by atoms with Gasteiger partial charge >= 0.3 is 5.97 Å². The van der Waals surface area contributed by atoms with Gasteiger partial charge in [0.15, 0.2) is 0 Å². The van der Waals surface area contributed by atoms with E-state index in [-0.39, 0.29) is 29.4 Å². The molecule has 0 bridgehead atoms. The summed E-state index contributed by atoms with van der Waals surface area (Å²) in [6.07, 6.45) is 1.35. The fourth-order valence-corrected chi connectivity index (χ4v) is 3.65. The molecule has 10 heteroatoms. The molecular formula is C23H19Cl2F2N3O3. The van der Waals surface area contributed by atoms with Crippen molar-refractivity contribution in [3.63, 3.8) is 0 Å². The number of aromatic carboxylic acids is 1. The summed E-state index contributed by atoms with van der Waals surface area (Å²) in [5.74, 6) is -3.63. The van der Waals surface area contributed by atoms with Crippen molar-refractivity contribution in [3.8, 4) is 0 Å². The average molecular weight is 494 g/mol. The molecule has 1 heterocycles. The number of aromatic nitrogens is 1. The van der Waals surface area contributed by atoms with Crippen LogP contribution < -0.4 is 4.90 Å². The second-order valence-electron chi connectivity index (χ2n) is 7.43. The zero-order valence-corrected chi connectivity index (χ0v) is 19.2. The van der Waals surface area contributed by atoms with Gasteiger partial charge in [-0.05, 0) is 29.8 Å². The molecule has 1 amide bonds. The summed E-state index contributed by atoms with van der Waals surface area (Å²) in [5.41, 5.74) is 1.21. The average Bonchev–Trinajstić information content (AvgIpc) is 2.75. The summed E-state index contributed by atoms with van der Waals surface area (Å²) in [7, 11) is 3.43. The SMILES string of the molecule is CN(C)c1cc(C(=O)O)ncc1CN(Cc1cccc(Cl)c1Cl)C(=O)c1cc(F)cc(F)c1. The predicted octanol–water partition coefficient (Wildman–Crippen LogP) is 5.27. The lowest BCUT2D eigenvalue weighted by Gasteiger charge is -2.26. The Kier molecular flexibility index (Phi) is 7.50. The van der Waals surface area contributed by atoms with Crippen molar-refractivity contribution < 1.29 is 23.5 Å². The second kappa shape index (κ2) is 10.1. The third-order valence-electron chi connectivity index (χ3n) is 4.81. The molecular weight excluding hydrogens is 475 g/mol. The lowest BCUT2D eigenvalue weighted by Crippen LogP contribution is -2.31. The van der Waals surface area contributed by atoms with E-state index in [4.69, 9.17) is 23.2 Å². The highest BCUT2D eigenvalue weighted by Crippen LogP contribution is 2.29. The molecule has 0 aliphatic rings. The lowest BCUT2D eigenvalue weighted by molar-refractivity contribution is 0.0687. The molecule has 172 valence electrons. The molecule has 1 N–H and O–H groups in total. The molecule has 0 aliphatic heterocycles. The number of amides is 1. The third kappa shape index (κ3) is 5.77. The van der Waals surface area contributed by atoms with Gasteiger partial charge in [0, 0.05) is 56.3 Å². The van der Waals surface area contributed by atoms with Gasteiger partial charge in [-0.1, -0.05) is 35.3 Å². The first-order chi connectivity index (χ1) is 15.6. The number of carbonyl (C=O) groups excluding carboxylic acids is 1. The number of benzene rings is 2. The molecule has 1 aromatic heterocycles. The number of carbonyl (C=O) groups is 2. The van der Waals surface area contributed by atoms with E-state index in [1.165, 1.54) is 17.2 Å². The first-order valence-corrected chi connectivity index (χ1v) is 10.4. The van der Waals surface area contributed by atoms with Crippen LogP contribution in [0.5, 0.6) is 0 Å². The highest BCUT2D eigenvalue weighted by Gasteiger charge is 2.22. The highest BCUT2D eigenvalue weighted by molar-refractivity contribution is 6.42. The van der Waals surface area contributed by atoms with Crippen LogP contribution in [-0.4, -0.2) is 41.0 Å². The van der Waals surface area contributed by atoms with Gasteiger partial charge in [0.2, 0.25) is 0 Å². The van der Waals surface area contributed by atoms with Crippen molar-refractivity contribution in [3.05, 3.63) is 92.7 Å². The number of carboxylic acids is 1. The molecule has 6 nitrogen and oxygen atoms in total. The normalized spacial score (nSPS) is 10.7. The van der Waals surface area contributed by atoms with Gasteiger partial charge in [-0.15, -0.1) is 0 Å². The molecule has 33 heavy (non-hydrogen) atoms. The first kappa shape index (κ1) is 24.4. The molecule has 2 aromatic carbocycles. The van der Waals surface area contributed by atoms with Gasteiger partial charge in [-0.2, -0.15) is 0 Å². The quantitative estimate of drug-likeness (QED) is 0.485. The molecule has 0 fully saturated rings. The predicted molar refractivity (Wildman–Crippen MR) is 122 cm³/mol. The van der Waals surface area contributed by atoms with Crippen LogP contribution in [0.3, 0.4) is 0 Å². The zero-order chi connectivity index (χ0) is 24.3. The van der Waals surface area contributed by atoms with Crippen LogP contribution in [-0.2, 0) is 13.1 Å². The summed E-state index contributed by atoms with van der Waals surface area (Å²) in [4.78, 5) is 31.6. The summed E-state index contributed by atoms with van der Waals surface area (Å²) in [6, 6.07) is 8.89. The van der Waals surface area contributed by atoms with Crippen LogP contribution in [0, 0.1) is 11.6 Å². The minimum atomic E-state index is -1.20. The number of hydrogen-bond acceptors (Lipinski definition) is 4. The number of nitrogens with zero attached hydrogens (tertiary/aromatic N) is 3. The fraction of sp³-hybridized carbons (Fsp3) is 0.174. The Labute approximate surface area is 199 Å². The van der Waals surface area contributed by atoms with Crippen LogP contribution in [0.15, 0.2) is 48.7 Å². The van der Waals surface area contributed by atoms with Crippen LogP contribution in [0.1, 0.15) is 32.0 Å².